The van der Waals surface area contributed by atoms with E-state index in [2.05, 4.69) is 0 Å². The Bertz CT molecular complexity index is 299. The third-order valence-corrected chi connectivity index (χ3v) is 0.948. The van der Waals surface area contributed by atoms with Gasteiger partial charge in [0, 0.05) is 20.4 Å². The Morgan fingerprint density at radius 2 is 1.07 bits per heavy atom. The molecule has 0 bridgehead atoms. The van der Waals surface area contributed by atoms with E-state index in [0.717, 1.165) is 0 Å². The Kier molecular flexibility index (Phi) is 13.5. The van der Waals surface area contributed by atoms with Gasteiger partial charge in [-0.1, -0.05) is 0 Å². The molecule has 7 heteroatoms. The van der Waals surface area contributed by atoms with Gasteiger partial charge in [0.2, 0.25) is 0 Å². The number of carbonyl (C=O) groups is 2. The van der Waals surface area contributed by atoms with E-state index < -0.39 is 11.9 Å². The predicted octanol–water partition coefficient (Wildman–Crippen LogP) is -0.305. The van der Waals surface area contributed by atoms with Crippen LogP contribution < -0.4 is 0 Å². The average molecular weight is 307 g/mol. The number of carboxylic acids is 2. The van der Waals surface area contributed by atoms with E-state index in [4.69, 9.17) is 10.2 Å². The van der Waals surface area contributed by atoms with Crippen LogP contribution in [0.5, 0.6) is 0 Å². The Labute approximate surface area is 98.9 Å². The summed E-state index contributed by atoms with van der Waals surface area (Å²) in [5.74, 6) is 0.0370. The van der Waals surface area contributed by atoms with Gasteiger partial charge in [-0.05, 0) is 13.8 Å². The first-order valence-corrected chi connectivity index (χ1v) is 3.26. The fraction of sp³-hybridized carbons (Fsp3) is 0.250. The zero-order valence-electron chi connectivity index (χ0n) is 7.84. The normalized spacial score (nSPS) is 6.53. The van der Waals surface area contributed by atoms with E-state index in [1.807, 2.05) is 0 Å². The summed E-state index contributed by atoms with van der Waals surface area (Å²) in [6, 6.07) is 0. The fourth-order valence-electron chi connectivity index (χ4n) is 0.0873. The van der Waals surface area contributed by atoms with Crippen LogP contribution >= 0.6 is 0 Å². The molecule has 0 saturated carbocycles. The van der Waals surface area contributed by atoms with E-state index in [0.29, 0.717) is 0 Å². The molecule has 0 aromatic rings. The number of aliphatic carboxylic acids is 2. The second kappa shape index (κ2) is 10.6. The molecule has 2 N–H and O–H groups in total. The predicted molar refractivity (Wildman–Crippen MR) is 45.0 cm³/mol. The summed E-state index contributed by atoms with van der Waals surface area (Å²) in [5.41, 5.74) is -0.583. The molecule has 0 amide bonds. The van der Waals surface area contributed by atoms with Crippen molar-refractivity contribution in [2.45, 2.75) is 13.8 Å². The first-order chi connectivity index (χ1) is 6.36. The van der Waals surface area contributed by atoms with Gasteiger partial charge in [-0.25, -0.2) is 19.2 Å². The minimum Gasteiger partial charge on any atom is -0.477 e. The summed E-state index contributed by atoms with van der Waals surface area (Å²) in [7, 11) is 0. The van der Waals surface area contributed by atoms with E-state index in [1.54, 1.807) is 0 Å². The van der Waals surface area contributed by atoms with Crippen LogP contribution in [0.25, 0.3) is 0 Å². The van der Waals surface area contributed by atoms with Gasteiger partial charge < -0.3 is 10.2 Å². The molecule has 6 nitrogen and oxygen atoms in total. The van der Waals surface area contributed by atoms with Crippen LogP contribution in [0, 0.1) is 0 Å². The van der Waals surface area contributed by atoms with Crippen molar-refractivity contribution in [1.82, 2.24) is 0 Å². The zero-order valence-corrected chi connectivity index (χ0v) is 9.40. The number of carbonyl (C=O) groups excluding carboxylic acids is 2. The van der Waals surface area contributed by atoms with Gasteiger partial charge >= 0.3 is 11.9 Å². The molecule has 0 atom stereocenters. The van der Waals surface area contributed by atoms with Gasteiger partial charge in [0.15, 0.2) is 0 Å². The van der Waals surface area contributed by atoms with Crippen LogP contribution in [0.15, 0.2) is 11.1 Å². The standard InChI is InChI=1S/2C4H4O3.Pd/c2*1-3(2-5)4(6)7;/h2*1H3,(H,6,7);. The summed E-state index contributed by atoms with van der Waals surface area (Å²) in [5, 5.41) is 15.8. The largest absolute Gasteiger partial charge is 0.477 e. The third kappa shape index (κ3) is 12.5. The second-order valence-corrected chi connectivity index (χ2v) is 2.06. The van der Waals surface area contributed by atoms with Crippen LogP contribution in [-0.4, -0.2) is 34.0 Å². The van der Waals surface area contributed by atoms with Gasteiger partial charge in [0.05, 0.1) is 0 Å². The first-order valence-electron chi connectivity index (χ1n) is 3.26. The van der Waals surface area contributed by atoms with Crippen molar-refractivity contribution in [1.29, 1.82) is 0 Å². The minimum atomic E-state index is -1.21. The van der Waals surface area contributed by atoms with Crippen LogP contribution in [-0.2, 0) is 39.6 Å². The third-order valence-electron chi connectivity index (χ3n) is 0.948. The molecule has 15 heavy (non-hydrogen) atoms. The average Bonchev–Trinajstić information content (AvgIpc) is 2.15. The number of carboxylic acid groups (broad SMARTS) is 2. The molecule has 0 aliphatic heterocycles. The van der Waals surface area contributed by atoms with Gasteiger partial charge in [0.25, 0.3) is 0 Å². The molecular weight excluding hydrogens is 299 g/mol. The SMILES string of the molecule is CC(=C=O)C(=O)O.CC(=C=O)C(=O)O.[Pd]. The van der Waals surface area contributed by atoms with Crippen molar-refractivity contribution in [3.63, 3.8) is 0 Å². The van der Waals surface area contributed by atoms with E-state index in [1.165, 1.54) is 25.7 Å². The minimum absolute atomic E-state index is 0. The van der Waals surface area contributed by atoms with Crippen molar-refractivity contribution in [3.05, 3.63) is 11.1 Å². The smallest absolute Gasteiger partial charge is 0.342 e. The Balaban J connectivity index is -0.000000180. The molecule has 0 unspecified atom stereocenters. The van der Waals surface area contributed by atoms with Crippen LogP contribution in [0.4, 0.5) is 0 Å². The molecular formula is C8H8O6Pd. The van der Waals surface area contributed by atoms with Crippen molar-refractivity contribution < 1.29 is 49.8 Å². The summed E-state index contributed by atoms with van der Waals surface area (Å²) in [6.45, 7) is 2.38. The summed E-state index contributed by atoms with van der Waals surface area (Å²) in [4.78, 5) is 38.1. The Morgan fingerprint density at radius 1 is 0.867 bits per heavy atom. The molecule has 0 fully saturated rings. The summed E-state index contributed by atoms with van der Waals surface area (Å²) < 4.78 is 0. The maximum absolute atomic E-state index is 9.63. The molecule has 0 radical (unpaired) electrons. The van der Waals surface area contributed by atoms with Crippen molar-refractivity contribution in [2.75, 3.05) is 0 Å². The van der Waals surface area contributed by atoms with Gasteiger partial charge in [0.1, 0.15) is 23.0 Å². The molecule has 0 heterocycles. The van der Waals surface area contributed by atoms with Crippen LogP contribution in [0.2, 0.25) is 0 Å². The van der Waals surface area contributed by atoms with Crippen molar-refractivity contribution >= 4 is 23.8 Å². The molecule has 0 saturated heterocycles. The number of hydrogen-bond acceptors (Lipinski definition) is 4. The zero-order chi connectivity index (χ0) is 11.7. The summed E-state index contributed by atoms with van der Waals surface area (Å²) in [6.07, 6.45) is 0. The maximum atomic E-state index is 9.63. The molecule has 86 valence electrons. The van der Waals surface area contributed by atoms with Crippen LogP contribution in [0.3, 0.4) is 0 Å². The van der Waals surface area contributed by atoms with E-state index in [-0.39, 0.29) is 31.6 Å². The second-order valence-electron chi connectivity index (χ2n) is 2.06. The van der Waals surface area contributed by atoms with Crippen LogP contribution in [0.1, 0.15) is 13.8 Å². The van der Waals surface area contributed by atoms with E-state index in [9.17, 15) is 19.2 Å². The molecule has 0 spiro atoms. The molecule has 0 aromatic carbocycles. The molecule has 0 aromatic heterocycles. The fourth-order valence-corrected chi connectivity index (χ4v) is 0.0873. The number of hydrogen-bond donors (Lipinski definition) is 2. The Morgan fingerprint density at radius 3 is 1.07 bits per heavy atom. The monoisotopic (exact) mass is 306 g/mol. The molecule has 0 aliphatic carbocycles. The van der Waals surface area contributed by atoms with Crippen molar-refractivity contribution in [3.8, 4) is 0 Å². The summed E-state index contributed by atoms with van der Waals surface area (Å²) >= 11 is 0. The first kappa shape index (κ1) is 19.1. The van der Waals surface area contributed by atoms with E-state index >= 15 is 0 Å². The van der Waals surface area contributed by atoms with Crippen molar-refractivity contribution in [2.24, 2.45) is 0 Å². The maximum Gasteiger partial charge on any atom is 0.342 e. The number of rotatable bonds is 2. The molecule has 0 rings (SSSR count). The Hall–Kier alpha value is -1.50. The topological polar surface area (TPSA) is 109 Å². The van der Waals surface area contributed by atoms with Gasteiger partial charge in [-0.15, -0.1) is 0 Å². The van der Waals surface area contributed by atoms with Gasteiger partial charge in [-0.2, -0.15) is 0 Å². The van der Waals surface area contributed by atoms with Gasteiger partial charge in [-0.3, -0.25) is 0 Å². The quantitative estimate of drug-likeness (QED) is 0.412. The molecule has 0 aliphatic rings.